The maximum Gasteiger partial charge on any atom is 0.343 e. The molecule has 0 spiro atoms. The van der Waals surface area contributed by atoms with E-state index in [0.717, 1.165) is 12.0 Å². The van der Waals surface area contributed by atoms with Crippen molar-refractivity contribution in [2.45, 2.75) is 13.3 Å². The van der Waals surface area contributed by atoms with Gasteiger partial charge in [-0.3, -0.25) is 9.59 Å². The number of esters is 1. The first-order valence-electron chi connectivity index (χ1n) is 9.48. The Kier molecular flexibility index (Phi) is 3.72. The highest BCUT2D eigenvalue weighted by Crippen LogP contribution is 2.53. The Bertz CT molecular complexity index is 993. The SMILES string of the molecule is Cc1ccc(C(=O)Oc2ccccc2N2C(=O)[C@@H]3[C@@H](C2=O)[C@H]2C=C[C@@H]3C2)cc1. The van der Waals surface area contributed by atoms with Crippen molar-refractivity contribution in [2.24, 2.45) is 23.7 Å². The largest absolute Gasteiger partial charge is 0.421 e. The molecule has 3 aliphatic rings. The van der Waals surface area contributed by atoms with Gasteiger partial charge in [0.2, 0.25) is 11.8 Å². The number of nitrogens with zero attached hydrogens (tertiary/aromatic N) is 1. The number of imide groups is 1. The molecule has 1 saturated carbocycles. The number of ether oxygens (including phenoxy) is 1. The molecule has 5 rings (SSSR count). The van der Waals surface area contributed by atoms with Crippen LogP contribution in [0.4, 0.5) is 5.69 Å². The third-order valence-corrected chi connectivity index (χ3v) is 6.07. The summed E-state index contributed by atoms with van der Waals surface area (Å²) in [5.74, 6) is -0.982. The topological polar surface area (TPSA) is 63.7 Å². The van der Waals surface area contributed by atoms with E-state index in [1.807, 2.05) is 19.1 Å². The van der Waals surface area contributed by atoms with E-state index >= 15 is 0 Å². The molecule has 2 aliphatic carbocycles. The molecule has 5 heteroatoms. The van der Waals surface area contributed by atoms with Crippen LogP contribution in [0.15, 0.2) is 60.7 Å². The highest BCUT2D eigenvalue weighted by Gasteiger charge is 2.59. The van der Waals surface area contributed by atoms with E-state index in [4.69, 9.17) is 4.74 Å². The van der Waals surface area contributed by atoms with E-state index < -0.39 is 5.97 Å². The van der Waals surface area contributed by atoms with Crippen LogP contribution in [0.3, 0.4) is 0 Å². The normalized spacial score (nSPS) is 27.4. The molecule has 140 valence electrons. The summed E-state index contributed by atoms with van der Waals surface area (Å²) in [5.41, 5.74) is 1.80. The van der Waals surface area contributed by atoms with Crippen LogP contribution in [0, 0.1) is 30.6 Å². The molecule has 5 nitrogen and oxygen atoms in total. The van der Waals surface area contributed by atoms with Crippen molar-refractivity contribution in [1.82, 2.24) is 0 Å². The Morgan fingerprint density at radius 3 is 2.18 bits per heavy atom. The fourth-order valence-electron chi connectivity index (χ4n) is 4.72. The highest BCUT2D eigenvalue weighted by molar-refractivity contribution is 6.23. The van der Waals surface area contributed by atoms with E-state index in [2.05, 4.69) is 12.2 Å². The Morgan fingerprint density at radius 2 is 1.54 bits per heavy atom. The van der Waals surface area contributed by atoms with Gasteiger partial charge in [-0.15, -0.1) is 0 Å². The van der Waals surface area contributed by atoms with E-state index in [9.17, 15) is 14.4 Å². The maximum atomic E-state index is 13.1. The zero-order valence-electron chi connectivity index (χ0n) is 15.4. The standard InChI is InChI=1S/C23H19NO4/c1-13-6-8-14(9-7-13)23(27)28-18-5-3-2-4-17(18)24-21(25)19-15-10-11-16(12-15)20(19)22(24)26/h2-11,15-16,19-20H,12H2,1H3/t15-,16+,19-,20-/m0/s1. The minimum atomic E-state index is -0.520. The number of allylic oxidation sites excluding steroid dienone is 2. The summed E-state index contributed by atoms with van der Waals surface area (Å²) >= 11 is 0. The number of para-hydroxylation sites is 2. The van der Waals surface area contributed by atoms with Crippen molar-refractivity contribution in [3.05, 3.63) is 71.8 Å². The summed E-state index contributed by atoms with van der Waals surface area (Å²) in [6.07, 6.45) is 5.00. The van der Waals surface area contributed by atoms with Crippen molar-refractivity contribution in [3.63, 3.8) is 0 Å². The van der Waals surface area contributed by atoms with Crippen LogP contribution in [-0.4, -0.2) is 17.8 Å². The van der Waals surface area contributed by atoms with Crippen LogP contribution in [-0.2, 0) is 9.59 Å². The number of anilines is 1. The van der Waals surface area contributed by atoms with Crippen molar-refractivity contribution < 1.29 is 19.1 Å². The predicted octanol–water partition coefficient (Wildman–Crippen LogP) is 3.53. The summed E-state index contributed by atoms with van der Waals surface area (Å²) in [6.45, 7) is 1.94. The molecule has 1 saturated heterocycles. The zero-order chi connectivity index (χ0) is 19.4. The summed E-state index contributed by atoms with van der Waals surface area (Å²) in [6, 6.07) is 13.8. The zero-order valence-corrected chi connectivity index (χ0v) is 15.4. The monoisotopic (exact) mass is 373 g/mol. The van der Waals surface area contributed by atoms with Gasteiger partial charge >= 0.3 is 5.97 Å². The molecular formula is C23H19NO4. The van der Waals surface area contributed by atoms with Gasteiger partial charge in [-0.25, -0.2) is 9.69 Å². The van der Waals surface area contributed by atoms with Gasteiger partial charge in [0.25, 0.3) is 0 Å². The van der Waals surface area contributed by atoms with Gasteiger partial charge in [0.15, 0.2) is 5.75 Å². The molecule has 1 heterocycles. The lowest BCUT2D eigenvalue weighted by Crippen LogP contribution is -2.33. The Hall–Kier alpha value is -3.21. The van der Waals surface area contributed by atoms with Gasteiger partial charge in [-0.05, 0) is 49.4 Å². The van der Waals surface area contributed by atoms with Gasteiger partial charge < -0.3 is 4.74 Å². The number of benzene rings is 2. The average molecular weight is 373 g/mol. The van der Waals surface area contributed by atoms with Gasteiger partial charge in [0.1, 0.15) is 0 Å². The van der Waals surface area contributed by atoms with Crippen molar-refractivity contribution in [2.75, 3.05) is 4.90 Å². The number of hydrogen-bond donors (Lipinski definition) is 0. The maximum absolute atomic E-state index is 13.1. The first kappa shape index (κ1) is 16.9. The van der Waals surface area contributed by atoms with E-state index in [1.54, 1.807) is 36.4 Å². The van der Waals surface area contributed by atoms with Crippen molar-refractivity contribution in [3.8, 4) is 5.75 Å². The number of amides is 2. The van der Waals surface area contributed by atoms with Gasteiger partial charge in [0, 0.05) is 0 Å². The average Bonchev–Trinajstić information content (AvgIpc) is 3.37. The molecule has 2 amide bonds. The van der Waals surface area contributed by atoms with Crippen LogP contribution < -0.4 is 9.64 Å². The summed E-state index contributed by atoms with van der Waals surface area (Å²) in [4.78, 5) is 39.9. The Morgan fingerprint density at radius 1 is 0.929 bits per heavy atom. The van der Waals surface area contributed by atoms with Crippen molar-refractivity contribution >= 4 is 23.5 Å². The third kappa shape index (κ3) is 2.43. The van der Waals surface area contributed by atoms with E-state index in [1.165, 1.54) is 4.90 Å². The highest BCUT2D eigenvalue weighted by atomic mass is 16.5. The van der Waals surface area contributed by atoms with Crippen molar-refractivity contribution in [1.29, 1.82) is 0 Å². The third-order valence-electron chi connectivity index (χ3n) is 6.07. The molecule has 0 radical (unpaired) electrons. The second-order valence-corrected chi connectivity index (χ2v) is 7.74. The first-order chi connectivity index (χ1) is 13.5. The smallest absolute Gasteiger partial charge is 0.343 e. The predicted molar refractivity (Wildman–Crippen MR) is 103 cm³/mol. The second-order valence-electron chi connectivity index (χ2n) is 7.74. The fraction of sp³-hybridized carbons (Fsp3) is 0.261. The minimum Gasteiger partial charge on any atom is -0.421 e. The van der Waals surface area contributed by atoms with Gasteiger partial charge in [-0.1, -0.05) is 42.0 Å². The quantitative estimate of drug-likeness (QED) is 0.357. The molecule has 2 bridgehead atoms. The number of aryl methyl sites for hydroxylation is 1. The van der Waals surface area contributed by atoms with Crippen LogP contribution in [0.25, 0.3) is 0 Å². The minimum absolute atomic E-state index is 0.138. The lowest BCUT2D eigenvalue weighted by atomic mass is 9.85. The molecule has 0 aromatic heterocycles. The fourth-order valence-corrected chi connectivity index (χ4v) is 4.72. The molecule has 0 unspecified atom stereocenters. The number of hydrogen-bond acceptors (Lipinski definition) is 4. The molecular weight excluding hydrogens is 354 g/mol. The summed E-state index contributed by atoms with van der Waals surface area (Å²) in [7, 11) is 0. The molecule has 0 N–H and O–H groups in total. The molecule has 1 aliphatic heterocycles. The van der Waals surface area contributed by atoms with Gasteiger partial charge in [-0.2, -0.15) is 0 Å². The van der Waals surface area contributed by atoms with Crippen LogP contribution in [0.2, 0.25) is 0 Å². The Balaban J connectivity index is 1.46. The van der Waals surface area contributed by atoms with Crippen LogP contribution in [0.5, 0.6) is 5.75 Å². The number of rotatable bonds is 3. The van der Waals surface area contributed by atoms with Gasteiger partial charge in [0.05, 0.1) is 23.1 Å². The molecule has 2 aromatic carbocycles. The first-order valence-corrected chi connectivity index (χ1v) is 9.48. The lowest BCUT2D eigenvalue weighted by Gasteiger charge is -2.20. The molecule has 2 aromatic rings. The van der Waals surface area contributed by atoms with E-state index in [-0.39, 0.29) is 41.2 Å². The molecule has 2 fully saturated rings. The summed E-state index contributed by atoms with van der Waals surface area (Å²) in [5, 5.41) is 0. The number of carbonyl (C=O) groups is 3. The second kappa shape index (κ2) is 6.16. The van der Waals surface area contributed by atoms with E-state index in [0.29, 0.717) is 11.3 Å². The van der Waals surface area contributed by atoms with Crippen LogP contribution >= 0.6 is 0 Å². The lowest BCUT2D eigenvalue weighted by molar-refractivity contribution is -0.123. The van der Waals surface area contributed by atoms with Crippen LogP contribution in [0.1, 0.15) is 22.3 Å². The number of carbonyl (C=O) groups excluding carboxylic acids is 3. The molecule has 4 atom stereocenters. The Labute approximate surface area is 162 Å². The number of fused-ring (bicyclic) bond motifs is 5. The molecule has 28 heavy (non-hydrogen) atoms. The summed E-state index contributed by atoms with van der Waals surface area (Å²) < 4.78 is 5.57.